The number of nitrogens with zero attached hydrogens (tertiary/aromatic N) is 3. The number of carbonyl (C=O) groups is 1. The Kier molecular flexibility index (Phi) is 6.37. The lowest BCUT2D eigenvalue weighted by Gasteiger charge is -2.34. The maximum absolute atomic E-state index is 12.8. The van der Waals surface area contributed by atoms with Crippen molar-refractivity contribution in [2.24, 2.45) is 5.92 Å². The van der Waals surface area contributed by atoms with Gasteiger partial charge in [-0.3, -0.25) is 9.69 Å². The number of nitriles is 1. The minimum absolute atomic E-state index is 0.0813. The molecule has 1 saturated heterocycles. The van der Waals surface area contributed by atoms with Crippen LogP contribution in [0.3, 0.4) is 0 Å². The fourth-order valence-corrected chi connectivity index (χ4v) is 5.80. The molecule has 1 heterocycles. The van der Waals surface area contributed by atoms with Crippen LogP contribution in [-0.4, -0.2) is 61.8 Å². The summed E-state index contributed by atoms with van der Waals surface area (Å²) < 4.78 is 27.8. The highest BCUT2D eigenvalue weighted by molar-refractivity contribution is 9.10. The van der Waals surface area contributed by atoms with Crippen LogP contribution in [0.4, 0.5) is 0 Å². The zero-order chi connectivity index (χ0) is 20.5. The lowest BCUT2D eigenvalue weighted by Crippen LogP contribution is -2.54. The normalized spacial score (nSPS) is 20.9. The summed E-state index contributed by atoms with van der Waals surface area (Å²) in [6.45, 7) is 3.34. The van der Waals surface area contributed by atoms with E-state index in [0.717, 1.165) is 12.8 Å². The van der Waals surface area contributed by atoms with Crippen LogP contribution in [0.15, 0.2) is 27.6 Å². The lowest BCUT2D eigenvalue weighted by atomic mass is 9.98. The fourth-order valence-electron chi connectivity index (χ4n) is 3.37. The minimum atomic E-state index is -3.69. The number of benzene rings is 1. The Bertz CT molecular complexity index is 908. The molecule has 152 valence electrons. The average Bonchev–Trinajstić information content (AvgIpc) is 3.47. The van der Waals surface area contributed by atoms with E-state index in [0.29, 0.717) is 17.6 Å². The number of carbonyl (C=O) groups excluding carboxylic acids is 1. The lowest BCUT2D eigenvalue weighted by molar-refractivity contribution is -0.123. The van der Waals surface area contributed by atoms with Gasteiger partial charge in [-0.2, -0.15) is 9.57 Å². The van der Waals surface area contributed by atoms with Crippen LogP contribution < -0.4 is 5.32 Å². The molecule has 1 aromatic rings. The van der Waals surface area contributed by atoms with Gasteiger partial charge in [-0.05, 0) is 43.9 Å². The Morgan fingerprint density at radius 1 is 1.36 bits per heavy atom. The molecule has 28 heavy (non-hydrogen) atoms. The van der Waals surface area contributed by atoms with Crippen molar-refractivity contribution in [1.82, 2.24) is 14.5 Å². The van der Waals surface area contributed by atoms with E-state index in [1.54, 1.807) is 19.1 Å². The van der Waals surface area contributed by atoms with Gasteiger partial charge in [0, 0.05) is 30.7 Å². The van der Waals surface area contributed by atoms with E-state index >= 15 is 0 Å². The Labute approximate surface area is 178 Å². The third-order valence-electron chi connectivity index (χ3n) is 5.24. The predicted molar refractivity (Wildman–Crippen MR) is 109 cm³/mol. The molecule has 2 aliphatic rings. The first-order valence-electron chi connectivity index (χ1n) is 9.05. The fraction of sp³-hybridized carbons (Fsp3) is 0.556. The molecule has 1 atom stereocenters. The zero-order valence-electron chi connectivity index (χ0n) is 15.5. The van der Waals surface area contributed by atoms with Crippen LogP contribution in [0.5, 0.6) is 0 Å². The van der Waals surface area contributed by atoms with E-state index in [9.17, 15) is 18.5 Å². The number of rotatable bonds is 6. The molecule has 2 fully saturated rings. The first kappa shape index (κ1) is 21.5. The average molecular weight is 490 g/mol. The molecule has 10 heteroatoms. The van der Waals surface area contributed by atoms with Crippen molar-refractivity contribution in [2.75, 3.05) is 32.7 Å². The van der Waals surface area contributed by atoms with E-state index in [-0.39, 0.29) is 41.4 Å². The first-order chi connectivity index (χ1) is 13.2. The van der Waals surface area contributed by atoms with Gasteiger partial charge < -0.3 is 5.32 Å². The number of piperazine rings is 1. The second-order valence-corrected chi connectivity index (χ2v) is 10.6. The summed E-state index contributed by atoms with van der Waals surface area (Å²) in [5.74, 6) is 0.0160. The molecule has 1 aromatic carbocycles. The van der Waals surface area contributed by atoms with Crippen molar-refractivity contribution in [3.63, 3.8) is 0 Å². The Morgan fingerprint density at radius 2 is 2.00 bits per heavy atom. The van der Waals surface area contributed by atoms with Crippen molar-refractivity contribution in [3.05, 3.63) is 27.7 Å². The largest absolute Gasteiger partial charge is 0.337 e. The molecule has 1 amide bonds. The quantitative estimate of drug-likeness (QED) is 0.661. The highest BCUT2D eigenvalue weighted by Gasteiger charge is 2.43. The van der Waals surface area contributed by atoms with Gasteiger partial charge >= 0.3 is 0 Å². The number of hydrogen-bond donors (Lipinski definition) is 1. The van der Waals surface area contributed by atoms with Crippen LogP contribution in [0.25, 0.3) is 0 Å². The van der Waals surface area contributed by atoms with E-state index in [1.807, 2.05) is 4.90 Å². The molecule has 1 aliphatic heterocycles. The van der Waals surface area contributed by atoms with Gasteiger partial charge in [0.25, 0.3) is 0 Å². The molecule has 0 spiro atoms. The molecule has 0 bridgehead atoms. The topological polar surface area (TPSA) is 93.5 Å². The molecule has 0 radical (unpaired) electrons. The maximum Gasteiger partial charge on any atom is 0.244 e. The molecule has 3 rings (SSSR count). The predicted octanol–water partition coefficient (Wildman–Crippen LogP) is 2.22. The summed E-state index contributed by atoms with van der Waals surface area (Å²) in [6.07, 6.45) is 1.92. The summed E-state index contributed by atoms with van der Waals surface area (Å²) in [4.78, 5) is 14.3. The highest BCUT2D eigenvalue weighted by atomic mass is 79.9. The summed E-state index contributed by atoms with van der Waals surface area (Å²) in [6, 6.07) is 6.90. The Balaban J connectivity index is 1.57. The number of halogens is 2. The molecular formula is C18H22BrClN4O3S. The molecule has 1 aliphatic carbocycles. The third-order valence-corrected chi connectivity index (χ3v) is 8.11. The van der Waals surface area contributed by atoms with Gasteiger partial charge in [-0.25, -0.2) is 8.42 Å². The van der Waals surface area contributed by atoms with Gasteiger partial charge in [0.15, 0.2) is 0 Å². The summed E-state index contributed by atoms with van der Waals surface area (Å²) >= 11 is 9.38. The van der Waals surface area contributed by atoms with Gasteiger partial charge in [-0.15, -0.1) is 0 Å². The number of amides is 1. The van der Waals surface area contributed by atoms with Gasteiger partial charge in [-0.1, -0.05) is 27.5 Å². The second kappa shape index (κ2) is 8.28. The van der Waals surface area contributed by atoms with Crippen molar-refractivity contribution in [2.45, 2.75) is 30.2 Å². The molecule has 1 saturated carbocycles. The second-order valence-electron chi connectivity index (χ2n) is 7.39. The zero-order valence-corrected chi connectivity index (χ0v) is 18.6. The standard InChI is InChI=1S/C18H22BrClN4O3S/c1-18(12-21,13-2-3-13)22-17(25)11-23-6-8-24(9-7-23)28(26,27)16-5-4-14(19)10-15(16)20/h4-5,10,13H,2-3,6-9,11H2,1H3,(H,22,25)/t18-/m0/s1. The molecular weight excluding hydrogens is 468 g/mol. The molecule has 7 nitrogen and oxygen atoms in total. The number of sulfonamides is 1. The molecule has 0 aromatic heterocycles. The van der Waals surface area contributed by atoms with Crippen molar-refractivity contribution in [3.8, 4) is 6.07 Å². The number of hydrogen-bond acceptors (Lipinski definition) is 5. The van der Waals surface area contributed by atoms with Crippen LogP contribution >= 0.6 is 27.5 Å². The molecule has 1 N–H and O–H groups in total. The van der Waals surface area contributed by atoms with E-state index in [4.69, 9.17) is 11.6 Å². The SMILES string of the molecule is C[C@@](C#N)(NC(=O)CN1CCN(S(=O)(=O)c2ccc(Br)cc2Cl)CC1)C1CC1. The first-order valence-corrected chi connectivity index (χ1v) is 11.7. The Hall–Kier alpha value is -1.18. The van der Waals surface area contributed by atoms with Crippen molar-refractivity contribution >= 4 is 43.5 Å². The van der Waals surface area contributed by atoms with Crippen molar-refractivity contribution in [1.29, 1.82) is 5.26 Å². The summed E-state index contributed by atoms with van der Waals surface area (Å²) in [5.41, 5.74) is -0.819. The third kappa shape index (κ3) is 4.69. The van der Waals surface area contributed by atoms with Gasteiger partial charge in [0.1, 0.15) is 10.4 Å². The monoisotopic (exact) mass is 488 g/mol. The van der Waals surface area contributed by atoms with Crippen molar-refractivity contribution < 1.29 is 13.2 Å². The summed E-state index contributed by atoms with van der Waals surface area (Å²) in [7, 11) is -3.69. The smallest absolute Gasteiger partial charge is 0.244 e. The Morgan fingerprint density at radius 3 is 2.54 bits per heavy atom. The van der Waals surface area contributed by atoms with Gasteiger partial charge in [0.05, 0.1) is 17.6 Å². The maximum atomic E-state index is 12.8. The molecule has 0 unspecified atom stereocenters. The van der Waals surface area contributed by atoms with E-state index < -0.39 is 15.6 Å². The van der Waals surface area contributed by atoms with E-state index in [1.165, 1.54) is 10.4 Å². The van der Waals surface area contributed by atoms with Gasteiger partial charge in [0.2, 0.25) is 15.9 Å². The minimum Gasteiger partial charge on any atom is -0.337 e. The van der Waals surface area contributed by atoms with E-state index in [2.05, 4.69) is 27.3 Å². The van der Waals surface area contributed by atoms with Crippen LogP contribution in [0, 0.1) is 17.2 Å². The van der Waals surface area contributed by atoms with Crippen LogP contribution in [0.2, 0.25) is 5.02 Å². The van der Waals surface area contributed by atoms with Crippen LogP contribution in [-0.2, 0) is 14.8 Å². The summed E-state index contributed by atoms with van der Waals surface area (Å²) in [5, 5.41) is 12.4. The highest BCUT2D eigenvalue weighted by Crippen LogP contribution is 2.39. The number of nitrogens with one attached hydrogen (secondary N) is 1. The van der Waals surface area contributed by atoms with Crippen LogP contribution in [0.1, 0.15) is 19.8 Å².